The Morgan fingerprint density at radius 1 is 1.50 bits per heavy atom. The molecule has 1 saturated heterocycles. The van der Waals surface area contributed by atoms with Gasteiger partial charge in [-0.2, -0.15) is 5.10 Å². The van der Waals surface area contributed by atoms with Crippen LogP contribution < -0.4 is 10.5 Å². The molecule has 0 amide bonds. The summed E-state index contributed by atoms with van der Waals surface area (Å²) in [5.74, 6) is 0.885. The third-order valence-electron chi connectivity index (χ3n) is 3.74. The van der Waals surface area contributed by atoms with Gasteiger partial charge in [-0.05, 0) is 44.8 Å². The normalized spacial score (nSPS) is 18.4. The molecule has 1 aliphatic rings. The summed E-state index contributed by atoms with van der Waals surface area (Å²) in [7, 11) is -3.55. The molecule has 2 heterocycles. The number of piperidine rings is 1. The molecule has 1 aromatic rings. The zero-order valence-corrected chi connectivity index (χ0v) is 12.6. The van der Waals surface area contributed by atoms with Crippen LogP contribution in [0, 0.1) is 5.92 Å². The molecule has 2 rings (SSSR count). The van der Waals surface area contributed by atoms with Crippen LogP contribution in [0.5, 0.6) is 0 Å². The number of aromatic nitrogens is 2. The molecule has 8 heteroatoms. The van der Waals surface area contributed by atoms with Crippen LogP contribution in [-0.4, -0.2) is 49.7 Å². The molecule has 0 atom stereocenters. The maximum absolute atomic E-state index is 11.9. The van der Waals surface area contributed by atoms with Crippen LogP contribution >= 0.6 is 0 Å². The smallest absolute Gasteiger partial charge is 0.245 e. The highest BCUT2D eigenvalue weighted by molar-refractivity contribution is 7.89. The van der Waals surface area contributed by atoms with Crippen molar-refractivity contribution in [3.63, 3.8) is 0 Å². The predicted octanol–water partition coefficient (Wildman–Crippen LogP) is 0.392. The Morgan fingerprint density at radius 3 is 2.80 bits per heavy atom. The minimum Gasteiger partial charge on any atom is -0.383 e. The van der Waals surface area contributed by atoms with Gasteiger partial charge in [0.25, 0.3) is 0 Å². The molecule has 1 fully saturated rings. The van der Waals surface area contributed by atoms with E-state index in [4.69, 9.17) is 5.73 Å². The van der Waals surface area contributed by atoms with Gasteiger partial charge in [0.2, 0.25) is 10.0 Å². The Morgan fingerprint density at radius 2 is 2.20 bits per heavy atom. The van der Waals surface area contributed by atoms with Gasteiger partial charge in [-0.1, -0.05) is 6.92 Å². The highest BCUT2D eigenvalue weighted by Crippen LogP contribution is 2.16. The Bertz CT molecular complexity index is 520. The molecule has 1 aromatic heterocycles. The zero-order valence-electron chi connectivity index (χ0n) is 11.8. The number of nitrogens with two attached hydrogens (primary N) is 1. The Kier molecular flexibility index (Phi) is 5.00. The van der Waals surface area contributed by atoms with Crippen molar-refractivity contribution in [3.05, 3.63) is 6.20 Å². The predicted molar refractivity (Wildman–Crippen MR) is 77.6 cm³/mol. The van der Waals surface area contributed by atoms with Crippen LogP contribution in [0.1, 0.15) is 26.2 Å². The average Bonchev–Trinajstić information content (AvgIpc) is 2.84. The number of H-pyrrole nitrogens is 1. The summed E-state index contributed by atoms with van der Waals surface area (Å²) in [6.07, 6.45) is 4.49. The van der Waals surface area contributed by atoms with E-state index in [9.17, 15) is 8.42 Å². The van der Waals surface area contributed by atoms with Crippen molar-refractivity contribution in [2.45, 2.75) is 31.1 Å². The number of aromatic amines is 1. The monoisotopic (exact) mass is 301 g/mol. The third-order valence-corrected chi connectivity index (χ3v) is 5.23. The standard InChI is InChI=1S/C12H23N5O2S/c1-10-3-7-17(8-4-10)6-2-5-15-20(18,19)11-9-14-16-12(11)13/h9-10,15H,2-8H2,1H3,(H3,13,14,16). The number of hydrogen-bond donors (Lipinski definition) is 3. The van der Waals surface area contributed by atoms with Crippen molar-refractivity contribution in [3.8, 4) is 0 Å². The van der Waals surface area contributed by atoms with E-state index >= 15 is 0 Å². The molecular weight excluding hydrogens is 278 g/mol. The van der Waals surface area contributed by atoms with Gasteiger partial charge in [0, 0.05) is 6.54 Å². The van der Waals surface area contributed by atoms with E-state index in [0.717, 1.165) is 32.0 Å². The maximum atomic E-state index is 11.9. The third kappa shape index (κ3) is 3.94. The van der Waals surface area contributed by atoms with Gasteiger partial charge >= 0.3 is 0 Å². The van der Waals surface area contributed by atoms with Crippen molar-refractivity contribution >= 4 is 15.8 Å². The summed E-state index contributed by atoms with van der Waals surface area (Å²) in [5, 5.41) is 6.04. The SMILES string of the molecule is CC1CCN(CCCNS(=O)(=O)c2cn[nH]c2N)CC1. The average molecular weight is 301 g/mol. The van der Waals surface area contributed by atoms with E-state index in [1.165, 1.54) is 19.0 Å². The second-order valence-electron chi connectivity index (χ2n) is 5.42. The number of likely N-dealkylation sites (tertiary alicyclic amines) is 1. The number of rotatable bonds is 6. The molecule has 7 nitrogen and oxygen atoms in total. The first-order chi connectivity index (χ1) is 9.49. The fourth-order valence-electron chi connectivity index (χ4n) is 2.37. The number of nitrogen functional groups attached to an aromatic ring is 1. The summed E-state index contributed by atoms with van der Waals surface area (Å²) in [6, 6.07) is 0. The molecule has 0 aromatic carbocycles. The summed E-state index contributed by atoms with van der Waals surface area (Å²) in [6.45, 7) is 5.85. The molecule has 4 N–H and O–H groups in total. The van der Waals surface area contributed by atoms with Crippen molar-refractivity contribution in [1.29, 1.82) is 0 Å². The summed E-state index contributed by atoms with van der Waals surface area (Å²) < 4.78 is 26.4. The molecule has 0 aliphatic carbocycles. The molecule has 1 aliphatic heterocycles. The molecule has 20 heavy (non-hydrogen) atoms. The minimum absolute atomic E-state index is 0.0179. The van der Waals surface area contributed by atoms with E-state index < -0.39 is 10.0 Å². The van der Waals surface area contributed by atoms with Crippen molar-refractivity contribution in [2.24, 2.45) is 5.92 Å². The maximum Gasteiger partial charge on any atom is 0.245 e. The van der Waals surface area contributed by atoms with Crippen LogP contribution in [0.15, 0.2) is 11.1 Å². The topological polar surface area (TPSA) is 104 Å². The van der Waals surface area contributed by atoms with Crippen LogP contribution in [0.3, 0.4) is 0 Å². The fourth-order valence-corrected chi connectivity index (χ4v) is 3.47. The van der Waals surface area contributed by atoms with Gasteiger partial charge in [-0.3, -0.25) is 5.10 Å². The number of hydrogen-bond acceptors (Lipinski definition) is 5. The summed E-state index contributed by atoms with van der Waals surface area (Å²) in [5.41, 5.74) is 5.52. The van der Waals surface area contributed by atoms with Gasteiger partial charge in [-0.25, -0.2) is 13.1 Å². The number of nitrogens with zero attached hydrogens (tertiary/aromatic N) is 2. The Balaban J connectivity index is 1.72. The molecular formula is C12H23N5O2S. The second kappa shape index (κ2) is 6.55. The van der Waals surface area contributed by atoms with Gasteiger partial charge in [0.05, 0.1) is 6.20 Å². The lowest BCUT2D eigenvalue weighted by atomic mass is 9.99. The molecule has 0 radical (unpaired) electrons. The lowest BCUT2D eigenvalue weighted by Gasteiger charge is -2.30. The lowest BCUT2D eigenvalue weighted by molar-refractivity contribution is 0.191. The van der Waals surface area contributed by atoms with E-state index in [1.807, 2.05) is 0 Å². The van der Waals surface area contributed by atoms with Gasteiger partial charge < -0.3 is 10.6 Å². The van der Waals surface area contributed by atoms with Crippen LogP contribution in [0.25, 0.3) is 0 Å². The number of anilines is 1. The van der Waals surface area contributed by atoms with Gasteiger partial charge in [0.15, 0.2) is 0 Å². The highest BCUT2D eigenvalue weighted by atomic mass is 32.2. The molecule has 0 saturated carbocycles. The van der Waals surface area contributed by atoms with Crippen LogP contribution in [0.4, 0.5) is 5.82 Å². The number of nitrogens with one attached hydrogen (secondary N) is 2. The van der Waals surface area contributed by atoms with E-state index in [-0.39, 0.29) is 10.7 Å². The van der Waals surface area contributed by atoms with Gasteiger partial charge in [0.1, 0.15) is 10.7 Å². The first-order valence-corrected chi connectivity index (χ1v) is 8.48. The molecule has 0 bridgehead atoms. The van der Waals surface area contributed by atoms with Crippen molar-refractivity contribution < 1.29 is 8.42 Å². The minimum atomic E-state index is -3.55. The highest BCUT2D eigenvalue weighted by Gasteiger charge is 2.19. The quantitative estimate of drug-likeness (QED) is 0.659. The van der Waals surface area contributed by atoms with E-state index in [0.29, 0.717) is 6.54 Å². The van der Waals surface area contributed by atoms with Gasteiger partial charge in [-0.15, -0.1) is 0 Å². The first-order valence-electron chi connectivity index (χ1n) is 7.00. The summed E-state index contributed by atoms with van der Waals surface area (Å²) in [4.78, 5) is 2.41. The molecule has 114 valence electrons. The van der Waals surface area contributed by atoms with Crippen LogP contribution in [0.2, 0.25) is 0 Å². The Labute approximate surface area is 120 Å². The number of sulfonamides is 1. The lowest BCUT2D eigenvalue weighted by Crippen LogP contribution is -2.35. The van der Waals surface area contributed by atoms with Crippen molar-refractivity contribution in [2.75, 3.05) is 31.9 Å². The van der Waals surface area contributed by atoms with Crippen molar-refractivity contribution in [1.82, 2.24) is 19.8 Å². The van der Waals surface area contributed by atoms with Crippen LogP contribution in [-0.2, 0) is 10.0 Å². The molecule has 0 unspecified atom stereocenters. The fraction of sp³-hybridized carbons (Fsp3) is 0.750. The first kappa shape index (κ1) is 15.3. The zero-order chi connectivity index (χ0) is 14.6. The summed E-state index contributed by atoms with van der Waals surface area (Å²) >= 11 is 0. The van der Waals surface area contributed by atoms with E-state index in [1.54, 1.807) is 0 Å². The Hall–Kier alpha value is -1.12. The van der Waals surface area contributed by atoms with E-state index in [2.05, 4.69) is 26.7 Å². The largest absolute Gasteiger partial charge is 0.383 e. The second-order valence-corrected chi connectivity index (χ2v) is 7.16. The molecule has 0 spiro atoms.